The zero-order valence-electron chi connectivity index (χ0n) is 8.20. The molecule has 0 aliphatic heterocycles. The Morgan fingerprint density at radius 3 is 1.94 bits per heavy atom. The van der Waals surface area contributed by atoms with E-state index in [1.807, 2.05) is 0 Å². The van der Waals surface area contributed by atoms with E-state index < -0.39 is 5.75 Å². The Morgan fingerprint density at radius 2 is 1.62 bits per heavy atom. The normalized spacial score (nSPS) is 9.00. The van der Waals surface area contributed by atoms with Crippen molar-refractivity contribution in [2.24, 2.45) is 0 Å². The van der Waals surface area contributed by atoms with Gasteiger partial charge in [-0.3, -0.25) is 4.79 Å². The van der Waals surface area contributed by atoms with Crippen molar-refractivity contribution >= 4 is 6.29 Å². The number of hydrogen-bond donors (Lipinski definition) is 3. The Labute approximate surface area is 91.2 Å². The number of para-hydroxylation sites is 1. The molecule has 0 radical (unpaired) electrons. The van der Waals surface area contributed by atoms with E-state index in [2.05, 4.69) is 4.42 Å². The molecule has 16 heavy (non-hydrogen) atoms. The third kappa shape index (κ3) is 3.06. The van der Waals surface area contributed by atoms with Crippen LogP contribution in [0.2, 0.25) is 0 Å². The van der Waals surface area contributed by atoms with E-state index in [0.717, 1.165) is 0 Å². The van der Waals surface area contributed by atoms with Crippen LogP contribution < -0.4 is 0 Å². The molecule has 2 rings (SSSR count). The summed E-state index contributed by atoms with van der Waals surface area (Å²) >= 11 is 0. The van der Waals surface area contributed by atoms with Crippen LogP contribution in [-0.4, -0.2) is 21.6 Å². The molecule has 5 heteroatoms. The van der Waals surface area contributed by atoms with Crippen LogP contribution in [0.15, 0.2) is 41.0 Å². The van der Waals surface area contributed by atoms with E-state index in [1.54, 1.807) is 12.1 Å². The molecule has 0 saturated heterocycles. The zero-order valence-corrected chi connectivity index (χ0v) is 8.20. The molecule has 0 bridgehead atoms. The molecule has 0 atom stereocenters. The lowest BCUT2D eigenvalue weighted by atomic mass is 10.3. The molecule has 3 N–H and O–H groups in total. The second-order valence-corrected chi connectivity index (χ2v) is 2.78. The van der Waals surface area contributed by atoms with Gasteiger partial charge >= 0.3 is 0 Å². The largest absolute Gasteiger partial charge is 0.504 e. The molecular weight excluding hydrogens is 212 g/mol. The first-order valence-corrected chi connectivity index (χ1v) is 4.33. The quantitative estimate of drug-likeness (QED) is 0.506. The summed E-state index contributed by atoms with van der Waals surface area (Å²) in [6.45, 7) is 0. The molecule has 0 unspecified atom stereocenters. The van der Waals surface area contributed by atoms with Gasteiger partial charge in [0.2, 0.25) is 0 Å². The van der Waals surface area contributed by atoms with Crippen LogP contribution in [-0.2, 0) is 0 Å². The summed E-state index contributed by atoms with van der Waals surface area (Å²) < 4.78 is 4.61. The summed E-state index contributed by atoms with van der Waals surface area (Å²) in [6, 6.07) is 7.28. The van der Waals surface area contributed by atoms with Crippen LogP contribution in [0.3, 0.4) is 0 Å². The Hall–Kier alpha value is -2.43. The smallest absolute Gasteiger partial charge is 0.200 e. The highest BCUT2D eigenvalue weighted by molar-refractivity contribution is 5.69. The number of aldehydes is 1. The summed E-state index contributed by atoms with van der Waals surface area (Å²) in [5, 5.41) is 26.1. The summed E-state index contributed by atoms with van der Waals surface area (Å²) in [7, 11) is 0. The minimum absolute atomic E-state index is 0.310. The average molecular weight is 222 g/mol. The topological polar surface area (TPSA) is 90.9 Å². The van der Waals surface area contributed by atoms with Gasteiger partial charge < -0.3 is 19.7 Å². The molecule has 5 nitrogen and oxygen atoms in total. The van der Waals surface area contributed by atoms with Crippen molar-refractivity contribution < 1.29 is 24.5 Å². The maximum atomic E-state index is 9.77. The fourth-order valence-corrected chi connectivity index (χ4v) is 0.878. The van der Waals surface area contributed by atoms with Crippen LogP contribution in [0.5, 0.6) is 17.2 Å². The van der Waals surface area contributed by atoms with Crippen LogP contribution in [0, 0.1) is 0 Å². The zero-order chi connectivity index (χ0) is 12.0. The molecule has 0 saturated carbocycles. The van der Waals surface area contributed by atoms with Crippen molar-refractivity contribution in [2.45, 2.75) is 0 Å². The van der Waals surface area contributed by atoms with Crippen molar-refractivity contribution in [3.05, 3.63) is 42.4 Å². The SMILES string of the molecule is O=Cc1ccco1.Oc1cccc(O)c1O. The molecular formula is C11H10O5. The van der Waals surface area contributed by atoms with Gasteiger partial charge in [-0.2, -0.15) is 0 Å². The van der Waals surface area contributed by atoms with E-state index in [-0.39, 0.29) is 11.5 Å². The van der Waals surface area contributed by atoms with Gasteiger partial charge in [0.05, 0.1) is 6.26 Å². The predicted octanol–water partition coefficient (Wildman–Crippen LogP) is 1.90. The first-order chi connectivity index (χ1) is 7.65. The second-order valence-electron chi connectivity index (χ2n) is 2.78. The lowest BCUT2D eigenvalue weighted by Gasteiger charge is -1.96. The number of carbonyl (C=O) groups is 1. The van der Waals surface area contributed by atoms with Gasteiger partial charge in [0.1, 0.15) is 0 Å². The molecule has 1 aromatic heterocycles. The van der Waals surface area contributed by atoms with Gasteiger partial charge in [0, 0.05) is 0 Å². The van der Waals surface area contributed by atoms with E-state index >= 15 is 0 Å². The first kappa shape index (κ1) is 11.6. The van der Waals surface area contributed by atoms with Crippen molar-refractivity contribution in [1.82, 2.24) is 0 Å². The van der Waals surface area contributed by atoms with Crippen molar-refractivity contribution in [3.8, 4) is 17.2 Å². The number of phenolic OH excluding ortho intramolecular Hbond substituents is 3. The molecule has 0 aliphatic carbocycles. The van der Waals surface area contributed by atoms with Gasteiger partial charge in [0.15, 0.2) is 29.3 Å². The van der Waals surface area contributed by atoms with E-state index in [4.69, 9.17) is 15.3 Å². The summed E-state index contributed by atoms with van der Waals surface area (Å²) in [5.41, 5.74) is 0. The monoisotopic (exact) mass is 222 g/mol. The third-order valence-electron chi connectivity index (χ3n) is 1.65. The summed E-state index contributed by atoms with van der Waals surface area (Å²) in [5.74, 6) is -0.720. The van der Waals surface area contributed by atoms with E-state index in [0.29, 0.717) is 12.0 Å². The molecule has 0 amide bonds. The Balaban J connectivity index is 0.000000165. The second kappa shape index (κ2) is 5.45. The fourth-order valence-electron chi connectivity index (χ4n) is 0.878. The van der Waals surface area contributed by atoms with Crippen LogP contribution >= 0.6 is 0 Å². The van der Waals surface area contributed by atoms with Crippen molar-refractivity contribution in [2.75, 3.05) is 0 Å². The van der Waals surface area contributed by atoms with Crippen molar-refractivity contribution in [3.63, 3.8) is 0 Å². The van der Waals surface area contributed by atoms with Crippen molar-refractivity contribution in [1.29, 1.82) is 0 Å². The van der Waals surface area contributed by atoms with Gasteiger partial charge in [0.25, 0.3) is 0 Å². The lowest BCUT2D eigenvalue weighted by molar-refractivity contribution is 0.110. The lowest BCUT2D eigenvalue weighted by Crippen LogP contribution is -1.67. The van der Waals surface area contributed by atoms with E-state index in [9.17, 15) is 4.79 Å². The van der Waals surface area contributed by atoms with Gasteiger partial charge in [-0.1, -0.05) is 6.07 Å². The van der Waals surface area contributed by atoms with Gasteiger partial charge in [-0.15, -0.1) is 0 Å². The highest BCUT2D eigenvalue weighted by atomic mass is 16.3. The first-order valence-electron chi connectivity index (χ1n) is 4.33. The third-order valence-corrected chi connectivity index (χ3v) is 1.65. The molecule has 0 fully saturated rings. The molecule has 0 spiro atoms. The maximum absolute atomic E-state index is 9.77. The Morgan fingerprint density at radius 1 is 1.00 bits per heavy atom. The average Bonchev–Trinajstić information content (AvgIpc) is 2.79. The number of phenols is 3. The number of furan rings is 1. The van der Waals surface area contributed by atoms with Crippen LogP contribution in [0.4, 0.5) is 0 Å². The maximum Gasteiger partial charge on any atom is 0.200 e. The number of hydrogen-bond acceptors (Lipinski definition) is 5. The van der Waals surface area contributed by atoms with Gasteiger partial charge in [-0.25, -0.2) is 0 Å². The molecule has 0 aliphatic rings. The summed E-state index contributed by atoms with van der Waals surface area (Å²) in [6.07, 6.45) is 2.13. The minimum atomic E-state index is -0.475. The van der Waals surface area contributed by atoms with Crippen LogP contribution in [0.1, 0.15) is 10.6 Å². The standard InChI is InChI=1S/C6H6O3.C5H4O2/c7-4-2-1-3-5(8)6(4)9;6-4-5-2-1-3-7-5/h1-3,7-9H;1-4H. The number of carbonyl (C=O) groups excluding carboxylic acids is 1. The number of benzene rings is 1. The van der Waals surface area contributed by atoms with Crippen LogP contribution in [0.25, 0.3) is 0 Å². The minimum Gasteiger partial charge on any atom is -0.504 e. The molecule has 1 aromatic carbocycles. The Kier molecular flexibility index (Phi) is 3.97. The highest BCUT2D eigenvalue weighted by Crippen LogP contribution is 2.32. The highest BCUT2D eigenvalue weighted by Gasteiger charge is 2.00. The Bertz CT molecular complexity index is 427. The summed E-state index contributed by atoms with van der Waals surface area (Å²) in [4.78, 5) is 9.77. The van der Waals surface area contributed by atoms with E-state index in [1.165, 1.54) is 24.5 Å². The fraction of sp³-hybridized carbons (Fsp3) is 0. The number of aromatic hydroxyl groups is 3. The van der Waals surface area contributed by atoms with Gasteiger partial charge in [-0.05, 0) is 24.3 Å². The number of rotatable bonds is 1. The molecule has 2 aromatic rings. The molecule has 1 heterocycles. The predicted molar refractivity (Wildman–Crippen MR) is 55.5 cm³/mol. The molecule has 84 valence electrons.